The molecule has 2 rings (SSSR count). The van der Waals surface area contributed by atoms with Crippen molar-refractivity contribution in [2.75, 3.05) is 33.2 Å². The van der Waals surface area contributed by atoms with Gasteiger partial charge in [0.15, 0.2) is 0 Å². The van der Waals surface area contributed by atoms with Crippen molar-refractivity contribution in [2.45, 2.75) is 4.90 Å². The lowest BCUT2D eigenvalue weighted by atomic mass is 10.4. The van der Waals surface area contributed by atoms with Gasteiger partial charge in [-0.2, -0.15) is 4.31 Å². The van der Waals surface area contributed by atoms with E-state index in [2.05, 4.69) is 36.8 Å². The number of hydrogen-bond acceptors (Lipinski definition) is 4. The predicted octanol–water partition coefficient (Wildman–Crippen LogP) is 2.21. The van der Waals surface area contributed by atoms with Crippen LogP contribution in [0.1, 0.15) is 0 Å². The van der Waals surface area contributed by atoms with Gasteiger partial charge in [-0.25, -0.2) is 8.42 Å². The van der Waals surface area contributed by atoms with Crippen molar-refractivity contribution in [2.24, 2.45) is 0 Å². The van der Waals surface area contributed by atoms with E-state index in [1.807, 2.05) is 7.05 Å². The van der Waals surface area contributed by atoms with Crippen molar-refractivity contribution >= 4 is 53.2 Å². The van der Waals surface area contributed by atoms with Gasteiger partial charge in [0.2, 0.25) is 10.0 Å². The molecule has 0 amide bonds. The highest BCUT2D eigenvalue weighted by Gasteiger charge is 2.30. The highest BCUT2D eigenvalue weighted by atomic mass is 79.9. The fourth-order valence-corrected chi connectivity index (χ4v) is 6.85. The number of thiophene rings is 1. The molecular formula is C9H12Br2N2O2S2. The molecule has 0 aromatic carbocycles. The highest BCUT2D eigenvalue weighted by molar-refractivity contribution is 9.12. The van der Waals surface area contributed by atoms with Crippen molar-refractivity contribution in [3.05, 3.63) is 13.6 Å². The van der Waals surface area contributed by atoms with E-state index in [9.17, 15) is 8.42 Å². The molecule has 0 saturated carbocycles. The maximum absolute atomic E-state index is 12.4. The molecule has 1 saturated heterocycles. The van der Waals surface area contributed by atoms with Gasteiger partial charge in [-0.05, 0) is 45.0 Å². The molecule has 2 heterocycles. The Morgan fingerprint density at radius 3 is 2.29 bits per heavy atom. The number of sulfonamides is 1. The summed E-state index contributed by atoms with van der Waals surface area (Å²) < 4.78 is 27.8. The number of rotatable bonds is 2. The Morgan fingerprint density at radius 2 is 1.82 bits per heavy atom. The zero-order valence-corrected chi connectivity index (χ0v) is 14.0. The van der Waals surface area contributed by atoms with Crippen molar-refractivity contribution < 1.29 is 8.42 Å². The van der Waals surface area contributed by atoms with Crippen LogP contribution in [0.2, 0.25) is 0 Å². The molecule has 0 unspecified atom stereocenters. The minimum atomic E-state index is -3.36. The van der Waals surface area contributed by atoms with Gasteiger partial charge in [-0.3, -0.25) is 0 Å². The topological polar surface area (TPSA) is 40.6 Å². The van der Waals surface area contributed by atoms with E-state index in [4.69, 9.17) is 0 Å². The van der Waals surface area contributed by atoms with E-state index >= 15 is 0 Å². The average molecular weight is 404 g/mol. The Bertz CT molecular complexity index is 507. The molecule has 0 bridgehead atoms. The molecule has 4 nitrogen and oxygen atoms in total. The normalized spacial score (nSPS) is 19.7. The molecule has 0 aliphatic carbocycles. The van der Waals surface area contributed by atoms with Crippen LogP contribution in [0.3, 0.4) is 0 Å². The molecular weight excluding hydrogens is 392 g/mol. The fraction of sp³-hybridized carbons (Fsp3) is 0.556. The van der Waals surface area contributed by atoms with Gasteiger partial charge >= 0.3 is 0 Å². The lowest BCUT2D eigenvalue weighted by Gasteiger charge is -2.31. The van der Waals surface area contributed by atoms with Crippen molar-refractivity contribution in [3.8, 4) is 0 Å². The van der Waals surface area contributed by atoms with E-state index < -0.39 is 10.0 Å². The van der Waals surface area contributed by atoms with Gasteiger partial charge in [0.05, 0.1) is 7.57 Å². The van der Waals surface area contributed by atoms with Crippen molar-refractivity contribution in [1.82, 2.24) is 9.21 Å². The first-order valence-electron chi connectivity index (χ1n) is 5.05. The van der Waals surface area contributed by atoms with Crippen LogP contribution in [0.25, 0.3) is 0 Å². The van der Waals surface area contributed by atoms with Crippen molar-refractivity contribution in [3.63, 3.8) is 0 Å². The molecule has 8 heteroatoms. The molecule has 0 spiro atoms. The Morgan fingerprint density at radius 1 is 1.24 bits per heavy atom. The maximum Gasteiger partial charge on any atom is 0.245 e. The first-order valence-corrected chi connectivity index (χ1v) is 8.89. The summed E-state index contributed by atoms with van der Waals surface area (Å²) in [4.78, 5) is 2.49. The van der Waals surface area contributed by atoms with Gasteiger partial charge < -0.3 is 4.90 Å². The third-order valence-electron chi connectivity index (χ3n) is 2.71. The second-order valence-corrected chi connectivity index (χ2v) is 9.55. The lowest BCUT2D eigenvalue weighted by Crippen LogP contribution is -2.46. The van der Waals surface area contributed by atoms with Gasteiger partial charge in [-0.15, -0.1) is 11.3 Å². The fourth-order valence-electron chi connectivity index (χ4n) is 1.67. The quantitative estimate of drug-likeness (QED) is 0.759. The third kappa shape index (κ3) is 2.93. The van der Waals surface area contributed by atoms with Crippen LogP contribution in [0.15, 0.2) is 18.5 Å². The lowest BCUT2D eigenvalue weighted by molar-refractivity contribution is 0.222. The van der Waals surface area contributed by atoms with Gasteiger partial charge in [-0.1, -0.05) is 0 Å². The largest absolute Gasteiger partial charge is 0.304 e. The second-order valence-electron chi connectivity index (χ2n) is 3.90. The van der Waals surface area contributed by atoms with E-state index in [0.29, 0.717) is 21.8 Å². The van der Waals surface area contributed by atoms with Crippen LogP contribution >= 0.6 is 43.2 Å². The third-order valence-corrected chi connectivity index (χ3v) is 7.36. The van der Waals surface area contributed by atoms with Crippen LogP contribution < -0.4 is 0 Å². The molecule has 1 aromatic rings. The molecule has 0 atom stereocenters. The highest BCUT2D eigenvalue weighted by Crippen LogP contribution is 2.36. The van der Waals surface area contributed by atoms with Crippen molar-refractivity contribution in [1.29, 1.82) is 0 Å². The summed E-state index contributed by atoms with van der Waals surface area (Å²) in [5.74, 6) is 0. The van der Waals surface area contributed by atoms with Crippen LogP contribution in [0, 0.1) is 0 Å². The maximum atomic E-state index is 12.4. The van der Waals surface area contributed by atoms with Crippen LogP contribution in [0.4, 0.5) is 0 Å². The monoisotopic (exact) mass is 402 g/mol. The molecule has 17 heavy (non-hydrogen) atoms. The molecule has 1 fully saturated rings. The smallest absolute Gasteiger partial charge is 0.245 e. The van der Waals surface area contributed by atoms with E-state index in [-0.39, 0.29) is 0 Å². The predicted molar refractivity (Wildman–Crippen MR) is 76.0 cm³/mol. The summed E-state index contributed by atoms with van der Waals surface area (Å²) in [5.41, 5.74) is 0. The van der Waals surface area contributed by atoms with E-state index in [1.165, 1.54) is 11.3 Å². The first kappa shape index (κ1) is 14.0. The molecule has 1 aliphatic rings. The zero-order chi connectivity index (χ0) is 12.6. The Hall–Kier alpha value is 0.530. The SMILES string of the molecule is CN1CCN(S(=O)(=O)c2cc(Br)sc2Br)CC1. The summed E-state index contributed by atoms with van der Waals surface area (Å²) >= 11 is 7.99. The summed E-state index contributed by atoms with van der Waals surface area (Å²) in [7, 11) is -1.35. The molecule has 1 aromatic heterocycles. The zero-order valence-electron chi connectivity index (χ0n) is 9.19. The standard InChI is InChI=1S/C9H12Br2N2O2S2/c1-12-2-4-13(5-3-12)17(14,15)7-6-8(10)16-9(7)11/h6H,2-5H2,1H3. The first-order chi connectivity index (χ1) is 7.91. The summed E-state index contributed by atoms with van der Waals surface area (Å²) in [5, 5.41) is 0. The summed E-state index contributed by atoms with van der Waals surface area (Å²) in [6.07, 6.45) is 0. The number of piperazine rings is 1. The Labute approximate surface area is 122 Å². The molecule has 96 valence electrons. The Balaban J connectivity index is 2.28. The van der Waals surface area contributed by atoms with Crippen LogP contribution in [0.5, 0.6) is 0 Å². The van der Waals surface area contributed by atoms with E-state index in [1.54, 1.807) is 10.4 Å². The number of hydrogen-bond donors (Lipinski definition) is 0. The second kappa shape index (κ2) is 5.26. The van der Waals surface area contributed by atoms with Crippen LogP contribution in [-0.4, -0.2) is 50.8 Å². The number of likely N-dealkylation sites (N-methyl/N-ethyl adjacent to an activating group) is 1. The van der Waals surface area contributed by atoms with E-state index in [0.717, 1.165) is 16.9 Å². The molecule has 0 radical (unpaired) electrons. The van der Waals surface area contributed by atoms with Crippen LogP contribution in [-0.2, 0) is 10.0 Å². The molecule has 0 N–H and O–H groups in total. The van der Waals surface area contributed by atoms with Gasteiger partial charge in [0.1, 0.15) is 4.90 Å². The minimum absolute atomic E-state index is 0.360. The minimum Gasteiger partial charge on any atom is -0.304 e. The molecule has 1 aliphatic heterocycles. The van der Waals surface area contributed by atoms with Gasteiger partial charge in [0.25, 0.3) is 0 Å². The summed E-state index contributed by atoms with van der Waals surface area (Å²) in [6.45, 7) is 2.67. The summed E-state index contributed by atoms with van der Waals surface area (Å²) in [6, 6.07) is 1.66. The number of halogens is 2. The van der Waals surface area contributed by atoms with Gasteiger partial charge in [0, 0.05) is 26.2 Å². The average Bonchev–Trinajstić information content (AvgIpc) is 2.59. The number of nitrogens with zero attached hydrogens (tertiary/aromatic N) is 2. The Kier molecular flexibility index (Phi) is 4.32.